The first-order valence-corrected chi connectivity index (χ1v) is 8.71. The molecule has 20 heavy (non-hydrogen) atoms. The Hall–Kier alpha value is -0.570. The van der Waals surface area contributed by atoms with E-state index in [1.54, 1.807) is 0 Å². The lowest BCUT2D eigenvalue weighted by atomic mass is 9.84. The van der Waals surface area contributed by atoms with Crippen molar-refractivity contribution in [1.29, 1.82) is 0 Å². The molecule has 3 unspecified atom stereocenters. The Kier molecular flexibility index (Phi) is 6.34. The van der Waals surface area contributed by atoms with E-state index in [0.29, 0.717) is 6.04 Å². The average Bonchev–Trinajstić information content (AvgIpc) is 2.46. The number of nitrogens with one attached hydrogen (secondary N) is 1. The predicted molar refractivity (Wildman–Crippen MR) is 83.3 cm³/mol. The molecular weight excluding hydrogens is 248 g/mol. The van der Waals surface area contributed by atoms with Gasteiger partial charge >= 0.3 is 0 Å². The maximum absolute atomic E-state index is 12.2. The zero-order valence-corrected chi connectivity index (χ0v) is 13.1. The van der Waals surface area contributed by atoms with Crippen LogP contribution in [-0.4, -0.2) is 18.0 Å². The fourth-order valence-corrected chi connectivity index (χ4v) is 3.86. The lowest BCUT2D eigenvalue weighted by Gasteiger charge is -2.28. The number of carbonyl (C=O) groups excluding carboxylic acids is 1. The zero-order chi connectivity index (χ0) is 14.4. The second-order valence-corrected chi connectivity index (χ2v) is 7.11. The largest absolute Gasteiger partial charge is 0.353 e. The molecule has 2 aliphatic rings. The van der Waals surface area contributed by atoms with Gasteiger partial charge in [-0.25, -0.2) is 0 Å². The molecule has 0 aliphatic heterocycles. The highest BCUT2D eigenvalue weighted by Gasteiger charge is 2.26. The quantitative estimate of drug-likeness (QED) is 0.811. The van der Waals surface area contributed by atoms with Crippen molar-refractivity contribution in [2.24, 2.45) is 17.6 Å². The molecule has 1 amide bonds. The zero-order valence-electron chi connectivity index (χ0n) is 13.1. The van der Waals surface area contributed by atoms with E-state index in [4.69, 9.17) is 5.73 Å². The molecule has 2 saturated carbocycles. The summed E-state index contributed by atoms with van der Waals surface area (Å²) in [6.07, 6.45) is 13.5. The summed E-state index contributed by atoms with van der Waals surface area (Å²) in [5.41, 5.74) is 5.97. The number of hydrogen-bond acceptors (Lipinski definition) is 2. The summed E-state index contributed by atoms with van der Waals surface area (Å²) in [6.45, 7) is 2.16. The normalized spacial score (nSPS) is 29.9. The van der Waals surface area contributed by atoms with Crippen molar-refractivity contribution in [1.82, 2.24) is 5.32 Å². The molecule has 0 spiro atoms. The first-order chi connectivity index (χ1) is 9.65. The third-order valence-corrected chi connectivity index (χ3v) is 5.21. The van der Waals surface area contributed by atoms with Crippen molar-refractivity contribution in [2.45, 2.75) is 89.6 Å². The summed E-state index contributed by atoms with van der Waals surface area (Å²) in [5.74, 6) is 1.32. The number of nitrogens with two attached hydrogens (primary N) is 1. The Morgan fingerprint density at radius 1 is 1.15 bits per heavy atom. The average molecular weight is 280 g/mol. The predicted octanol–water partition coefficient (Wildman–Crippen LogP) is 3.37. The number of amides is 1. The Balaban J connectivity index is 1.65. The van der Waals surface area contributed by atoms with Gasteiger partial charge in [-0.2, -0.15) is 0 Å². The van der Waals surface area contributed by atoms with Gasteiger partial charge in [-0.15, -0.1) is 0 Å². The fraction of sp³-hybridized carbons (Fsp3) is 0.941. The van der Waals surface area contributed by atoms with Crippen LogP contribution in [0, 0.1) is 11.8 Å². The van der Waals surface area contributed by atoms with E-state index in [1.807, 2.05) is 0 Å². The van der Waals surface area contributed by atoms with Crippen LogP contribution in [0.15, 0.2) is 0 Å². The third-order valence-electron chi connectivity index (χ3n) is 5.21. The van der Waals surface area contributed by atoms with Crippen LogP contribution in [0.5, 0.6) is 0 Å². The Morgan fingerprint density at radius 2 is 1.90 bits per heavy atom. The molecule has 3 N–H and O–H groups in total. The molecule has 3 nitrogen and oxygen atoms in total. The molecule has 0 aromatic rings. The van der Waals surface area contributed by atoms with Crippen LogP contribution in [0.4, 0.5) is 0 Å². The summed E-state index contributed by atoms with van der Waals surface area (Å²) in [5, 5.41) is 3.22. The molecule has 2 rings (SSSR count). The first-order valence-electron chi connectivity index (χ1n) is 8.71. The molecule has 3 heteroatoms. The molecule has 116 valence electrons. The van der Waals surface area contributed by atoms with Crippen LogP contribution < -0.4 is 11.1 Å². The maximum atomic E-state index is 12.2. The summed E-state index contributed by atoms with van der Waals surface area (Å²) in [6, 6.07) is 0.555. The van der Waals surface area contributed by atoms with Gasteiger partial charge in [0.2, 0.25) is 5.91 Å². The molecule has 3 atom stereocenters. The van der Waals surface area contributed by atoms with E-state index in [0.717, 1.165) is 38.0 Å². The van der Waals surface area contributed by atoms with Crippen LogP contribution in [0.2, 0.25) is 0 Å². The van der Waals surface area contributed by atoms with Gasteiger partial charge in [0.05, 0.1) is 0 Å². The SMILES string of the molecule is CC(CCC1CCCCC1)NC(=O)C1CCCC(N)C1. The van der Waals surface area contributed by atoms with Gasteiger partial charge in [-0.3, -0.25) is 4.79 Å². The second-order valence-electron chi connectivity index (χ2n) is 7.11. The highest BCUT2D eigenvalue weighted by molar-refractivity contribution is 5.79. The summed E-state index contributed by atoms with van der Waals surface area (Å²) >= 11 is 0. The Bertz CT molecular complexity index is 299. The van der Waals surface area contributed by atoms with Crippen molar-refractivity contribution >= 4 is 5.91 Å². The molecule has 0 saturated heterocycles. The topological polar surface area (TPSA) is 55.1 Å². The second kappa shape index (κ2) is 8.02. The minimum atomic E-state index is 0.163. The van der Waals surface area contributed by atoms with Crippen molar-refractivity contribution in [3.63, 3.8) is 0 Å². The van der Waals surface area contributed by atoms with Gasteiger partial charge in [0, 0.05) is 18.0 Å². The lowest BCUT2D eigenvalue weighted by molar-refractivity contribution is -0.126. The third kappa shape index (κ3) is 5.08. The summed E-state index contributed by atoms with van der Waals surface area (Å²) in [4.78, 5) is 12.2. The number of carbonyl (C=O) groups is 1. The van der Waals surface area contributed by atoms with Crippen molar-refractivity contribution in [3.8, 4) is 0 Å². The van der Waals surface area contributed by atoms with Gasteiger partial charge in [-0.05, 0) is 44.9 Å². The fourth-order valence-electron chi connectivity index (χ4n) is 3.86. The number of hydrogen-bond donors (Lipinski definition) is 2. The summed E-state index contributed by atoms with van der Waals surface area (Å²) < 4.78 is 0. The maximum Gasteiger partial charge on any atom is 0.223 e. The van der Waals surface area contributed by atoms with Crippen LogP contribution >= 0.6 is 0 Å². The molecule has 2 fully saturated rings. The Labute approximate surface area is 124 Å². The van der Waals surface area contributed by atoms with Crippen LogP contribution in [0.25, 0.3) is 0 Å². The molecule has 0 aromatic heterocycles. The first kappa shape index (κ1) is 15.8. The molecule has 0 aromatic carbocycles. The van der Waals surface area contributed by atoms with Crippen LogP contribution in [-0.2, 0) is 4.79 Å². The number of rotatable bonds is 5. The van der Waals surface area contributed by atoms with Crippen molar-refractivity contribution in [3.05, 3.63) is 0 Å². The van der Waals surface area contributed by atoms with Gasteiger partial charge in [0.1, 0.15) is 0 Å². The van der Waals surface area contributed by atoms with Gasteiger partial charge in [0.25, 0.3) is 0 Å². The monoisotopic (exact) mass is 280 g/mol. The summed E-state index contributed by atoms with van der Waals surface area (Å²) in [7, 11) is 0. The van der Waals surface area contributed by atoms with Crippen LogP contribution in [0.1, 0.15) is 77.6 Å². The highest BCUT2D eigenvalue weighted by Crippen LogP contribution is 2.28. The molecule has 0 heterocycles. The highest BCUT2D eigenvalue weighted by atomic mass is 16.1. The molecule has 2 aliphatic carbocycles. The smallest absolute Gasteiger partial charge is 0.223 e. The van der Waals surface area contributed by atoms with E-state index < -0.39 is 0 Å². The Morgan fingerprint density at radius 3 is 2.60 bits per heavy atom. The van der Waals surface area contributed by atoms with Crippen molar-refractivity contribution < 1.29 is 4.79 Å². The van der Waals surface area contributed by atoms with E-state index in [9.17, 15) is 4.79 Å². The van der Waals surface area contributed by atoms with E-state index >= 15 is 0 Å². The minimum absolute atomic E-state index is 0.163. The standard InChI is InChI=1S/C17H32N2O/c1-13(10-11-14-6-3-2-4-7-14)19-17(20)15-8-5-9-16(18)12-15/h13-16H,2-12,18H2,1H3,(H,19,20). The van der Waals surface area contributed by atoms with Gasteiger partial charge < -0.3 is 11.1 Å². The van der Waals surface area contributed by atoms with Crippen molar-refractivity contribution in [2.75, 3.05) is 0 Å². The van der Waals surface area contributed by atoms with E-state index in [-0.39, 0.29) is 17.9 Å². The van der Waals surface area contributed by atoms with Gasteiger partial charge in [-0.1, -0.05) is 38.5 Å². The van der Waals surface area contributed by atoms with Gasteiger partial charge in [0.15, 0.2) is 0 Å². The van der Waals surface area contributed by atoms with E-state index in [1.165, 1.54) is 38.5 Å². The minimum Gasteiger partial charge on any atom is -0.353 e. The lowest BCUT2D eigenvalue weighted by Crippen LogP contribution is -2.41. The van der Waals surface area contributed by atoms with E-state index in [2.05, 4.69) is 12.2 Å². The molecule has 0 bridgehead atoms. The molecular formula is C17H32N2O. The van der Waals surface area contributed by atoms with Crippen LogP contribution in [0.3, 0.4) is 0 Å². The molecule has 0 radical (unpaired) electrons.